The first-order chi connectivity index (χ1) is 28.7. The number of rotatable bonds is 3. The first kappa shape index (κ1) is 36.2. The molecule has 0 amide bonds. The number of allylic oxidation sites excluding steroid dienone is 8. The minimum Gasteiger partial charge on any atom is -0.0619 e. The number of hydrogen-bond acceptors (Lipinski definition) is 0. The molecular formula is C60H54. The molecule has 0 heterocycles. The molecule has 0 aliphatic heterocycles. The lowest BCUT2D eigenvalue weighted by atomic mass is 9.75. The van der Waals surface area contributed by atoms with Crippen LogP contribution in [0.1, 0.15) is 126 Å². The van der Waals surface area contributed by atoms with Gasteiger partial charge in [-0.15, -0.1) is 0 Å². The Morgan fingerprint density at radius 3 is 1.00 bits per heavy atom. The van der Waals surface area contributed by atoms with Crippen molar-refractivity contribution in [2.45, 2.75) is 103 Å². The van der Waals surface area contributed by atoms with E-state index in [-0.39, 0.29) is 21.7 Å². The van der Waals surface area contributed by atoms with Crippen molar-refractivity contribution in [1.29, 1.82) is 0 Å². The minimum absolute atomic E-state index is 0.00202. The van der Waals surface area contributed by atoms with Crippen LogP contribution >= 0.6 is 0 Å². The maximum atomic E-state index is 2.62. The van der Waals surface area contributed by atoms with E-state index in [1.807, 2.05) is 0 Å². The highest BCUT2D eigenvalue weighted by atomic mass is 14.5. The molecule has 6 aromatic carbocycles. The molecule has 6 aliphatic carbocycles. The number of fused-ring (bicyclic) bond motifs is 10. The Bertz CT molecular complexity index is 2860. The summed E-state index contributed by atoms with van der Waals surface area (Å²) >= 11 is 0. The van der Waals surface area contributed by atoms with Crippen molar-refractivity contribution in [3.63, 3.8) is 0 Å². The summed E-state index contributed by atoms with van der Waals surface area (Å²) in [4.78, 5) is 0. The van der Waals surface area contributed by atoms with E-state index in [9.17, 15) is 0 Å². The zero-order chi connectivity index (χ0) is 41.1. The highest BCUT2D eigenvalue weighted by molar-refractivity contribution is 5.90. The van der Waals surface area contributed by atoms with E-state index in [4.69, 9.17) is 0 Å². The lowest BCUT2D eigenvalue weighted by molar-refractivity contribution is 0.646. The highest BCUT2D eigenvalue weighted by Gasteiger charge is 2.42. The third kappa shape index (κ3) is 4.74. The molecule has 0 fully saturated rings. The van der Waals surface area contributed by atoms with Gasteiger partial charge >= 0.3 is 0 Å². The van der Waals surface area contributed by atoms with Crippen molar-refractivity contribution in [1.82, 2.24) is 0 Å². The van der Waals surface area contributed by atoms with E-state index in [2.05, 4.69) is 189 Å². The van der Waals surface area contributed by atoms with Crippen molar-refractivity contribution in [3.05, 3.63) is 200 Å². The van der Waals surface area contributed by atoms with Crippen molar-refractivity contribution in [3.8, 4) is 44.5 Å². The molecule has 6 aliphatic rings. The van der Waals surface area contributed by atoms with Crippen LogP contribution in [-0.2, 0) is 21.7 Å². The standard InChI is InChI=1S/C60H54/c1-57(2)49-15-11-9-13-41(49)43-23-17-35(29-51(43)57)37-19-25-45-47-27-21-39(33-55(47)59(5,6)53(45)31-37)40-22-28-48-46-26-20-38(32-54(46)60(7,8)56(48)34-40)36-18-24-44-42-14-10-12-16-50(42)58(3,4)52(44)30-36/h9-20,23-26,29-34H,21-22,27-28H2,1-8H3. The maximum Gasteiger partial charge on any atom is 0.0159 e. The van der Waals surface area contributed by atoms with Crippen LogP contribution in [-0.4, -0.2) is 0 Å². The fraction of sp³-hybridized carbons (Fsp3) is 0.267. The van der Waals surface area contributed by atoms with Gasteiger partial charge in [0.25, 0.3) is 0 Å². The topological polar surface area (TPSA) is 0 Å². The Morgan fingerprint density at radius 2 is 0.617 bits per heavy atom. The molecule has 0 saturated heterocycles. The molecule has 0 radical (unpaired) electrons. The first-order valence-electron chi connectivity index (χ1n) is 22.4. The second-order valence-electron chi connectivity index (χ2n) is 20.8. The van der Waals surface area contributed by atoms with Crippen molar-refractivity contribution in [2.24, 2.45) is 0 Å². The largest absolute Gasteiger partial charge is 0.0619 e. The number of hydrogen-bond donors (Lipinski definition) is 0. The summed E-state index contributed by atoms with van der Waals surface area (Å²) in [6.07, 6.45) is 9.68. The van der Waals surface area contributed by atoms with E-state index in [0.29, 0.717) is 0 Å². The lowest BCUT2D eigenvalue weighted by Crippen LogP contribution is -2.19. The summed E-state index contributed by atoms with van der Waals surface area (Å²) in [5.74, 6) is 0. The average molecular weight is 775 g/mol. The molecule has 0 aromatic heterocycles. The second kappa shape index (κ2) is 12.0. The Hall–Kier alpha value is -5.72. The van der Waals surface area contributed by atoms with Crippen molar-refractivity contribution in [2.75, 3.05) is 0 Å². The van der Waals surface area contributed by atoms with Crippen LogP contribution < -0.4 is 0 Å². The predicted octanol–water partition coefficient (Wildman–Crippen LogP) is 15.9. The maximum absolute atomic E-state index is 2.62. The predicted molar refractivity (Wildman–Crippen MR) is 253 cm³/mol. The normalized spacial score (nSPS) is 20.0. The molecule has 60 heavy (non-hydrogen) atoms. The van der Waals surface area contributed by atoms with Gasteiger partial charge in [-0.3, -0.25) is 0 Å². The molecule has 0 nitrogen and oxygen atoms in total. The molecule has 0 saturated carbocycles. The van der Waals surface area contributed by atoms with E-state index in [1.54, 1.807) is 22.3 Å². The summed E-state index contributed by atoms with van der Waals surface area (Å²) in [7, 11) is 0. The Labute approximate surface area is 357 Å². The summed E-state index contributed by atoms with van der Waals surface area (Å²) in [6.45, 7) is 19.4. The smallest absolute Gasteiger partial charge is 0.0159 e. The van der Waals surface area contributed by atoms with Crippen molar-refractivity contribution >= 4 is 11.1 Å². The summed E-state index contributed by atoms with van der Waals surface area (Å²) < 4.78 is 0. The van der Waals surface area contributed by atoms with Crippen LogP contribution in [0.2, 0.25) is 0 Å². The summed E-state index contributed by atoms with van der Waals surface area (Å²) in [5.41, 5.74) is 31.6. The minimum atomic E-state index is -0.0485. The van der Waals surface area contributed by atoms with Crippen LogP contribution in [0.3, 0.4) is 0 Å². The van der Waals surface area contributed by atoms with Crippen LogP contribution in [0.5, 0.6) is 0 Å². The van der Waals surface area contributed by atoms with Gasteiger partial charge in [0.05, 0.1) is 0 Å². The molecule has 0 bridgehead atoms. The average Bonchev–Trinajstić information content (AvgIpc) is 3.83. The van der Waals surface area contributed by atoms with Gasteiger partial charge in [0.2, 0.25) is 0 Å². The molecule has 294 valence electrons. The Morgan fingerprint density at radius 1 is 0.300 bits per heavy atom. The third-order valence-corrected chi connectivity index (χ3v) is 16.2. The molecule has 0 unspecified atom stereocenters. The molecule has 0 N–H and O–H groups in total. The molecule has 12 rings (SSSR count). The van der Waals surface area contributed by atoms with Crippen LogP contribution in [0, 0.1) is 0 Å². The van der Waals surface area contributed by atoms with Gasteiger partial charge in [-0.1, -0.05) is 165 Å². The van der Waals surface area contributed by atoms with E-state index < -0.39 is 0 Å². The first-order valence-corrected chi connectivity index (χ1v) is 22.4. The fourth-order valence-electron chi connectivity index (χ4n) is 12.7. The van der Waals surface area contributed by atoms with E-state index >= 15 is 0 Å². The lowest BCUT2D eigenvalue weighted by Gasteiger charge is -2.29. The van der Waals surface area contributed by atoms with Gasteiger partial charge in [-0.05, 0) is 172 Å². The zero-order valence-electron chi connectivity index (χ0n) is 36.5. The zero-order valence-corrected chi connectivity index (χ0v) is 36.5. The van der Waals surface area contributed by atoms with E-state index in [0.717, 1.165) is 25.7 Å². The fourth-order valence-corrected chi connectivity index (χ4v) is 12.7. The Balaban J connectivity index is 0.840. The van der Waals surface area contributed by atoms with Gasteiger partial charge in [-0.25, -0.2) is 0 Å². The quantitative estimate of drug-likeness (QED) is 0.168. The molecule has 6 aromatic rings. The second-order valence-corrected chi connectivity index (χ2v) is 20.8. The van der Waals surface area contributed by atoms with Gasteiger partial charge in [0.1, 0.15) is 0 Å². The molecule has 0 heteroatoms. The van der Waals surface area contributed by atoms with E-state index in [1.165, 1.54) is 100 Å². The van der Waals surface area contributed by atoms with Gasteiger partial charge < -0.3 is 0 Å². The summed E-state index contributed by atoms with van der Waals surface area (Å²) in [5, 5.41) is 0. The third-order valence-electron chi connectivity index (χ3n) is 16.2. The van der Waals surface area contributed by atoms with Crippen molar-refractivity contribution < 1.29 is 0 Å². The van der Waals surface area contributed by atoms with Crippen LogP contribution in [0.25, 0.3) is 55.7 Å². The molecule has 0 spiro atoms. The van der Waals surface area contributed by atoms with Crippen LogP contribution in [0.15, 0.2) is 156 Å². The SMILES string of the molecule is CC1(C)C2=C(CCC(C3=CC4=C(CC3)c3ccc(-c5ccc6c(c5)C(C)(C)c5ccccc5-6)cc3C4(C)C)=C2)c2ccc(-c3ccc4c(c3)C(C)(C)c3ccccc3-4)cc21. The van der Waals surface area contributed by atoms with Gasteiger partial charge in [0.15, 0.2) is 0 Å². The summed E-state index contributed by atoms with van der Waals surface area (Å²) in [6, 6.07) is 47.0. The highest BCUT2D eigenvalue weighted by Crippen LogP contribution is 2.57. The van der Waals surface area contributed by atoms with Crippen LogP contribution in [0.4, 0.5) is 0 Å². The van der Waals surface area contributed by atoms with Gasteiger partial charge in [0, 0.05) is 21.7 Å². The van der Waals surface area contributed by atoms with Gasteiger partial charge in [-0.2, -0.15) is 0 Å². The molecule has 0 atom stereocenters. The monoisotopic (exact) mass is 774 g/mol. The molecular weight excluding hydrogens is 721 g/mol. The Kier molecular flexibility index (Phi) is 7.22. The number of benzene rings is 6.